The molecule has 1 aromatic heterocycles. The van der Waals surface area contributed by atoms with Crippen LogP contribution in [-0.2, 0) is 17.8 Å². The Labute approximate surface area is 106 Å². The Balaban J connectivity index is 1.95. The van der Waals surface area contributed by atoms with Crippen LogP contribution in [0.2, 0.25) is 0 Å². The molecule has 1 aliphatic carbocycles. The van der Waals surface area contributed by atoms with Gasteiger partial charge < -0.3 is 5.32 Å². The van der Waals surface area contributed by atoms with Crippen molar-refractivity contribution in [2.75, 3.05) is 0 Å². The lowest BCUT2D eigenvalue weighted by atomic mass is 10.2. The minimum atomic E-state index is -0.151. The number of carbonyl (C=O) groups is 1. The molecular weight excluding hydrogens is 230 g/mol. The van der Waals surface area contributed by atoms with E-state index in [1.54, 1.807) is 0 Å². The lowest BCUT2D eigenvalue weighted by Crippen LogP contribution is -2.33. The molecule has 0 radical (unpaired) electrons. The highest BCUT2D eigenvalue weighted by atomic mass is 16.2. The van der Waals surface area contributed by atoms with E-state index in [0.29, 0.717) is 6.04 Å². The van der Waals surface area contributed by atoms with Gasteiger partial charge in [-0.1, -0.05) is 13.3 Å². The third-order valence-corrected chi connectivity index (χ3v) is 2.98. The lowest BCUT2D eigenvalue weighted by Gasteiger charge is -2.06. The minimum Gasteiger partial charge on any atom is -0.352 e. The van der Waals surface area contributed by atoms with Crippen molar-refractivity contribution in [1.29, 1.82) is 0 Å². The Hall–Kier alpha value is -1.65. The van der Waals surface area contributed by atoms with Gasteiger partial charge in [0.05, 0.1) is 6.33 Å². The summed E-state index contributed by atoms with van der Waals surface area (Å²) < 4.78 is 1.35. The number of nitrogens with one attached hydrogen (secondary N) is 1. The van der Waals surface area contributed by atoms with Crippen LogP contribution in [0, 0.1) is 0 Å². The second kappa shape index (κ2) is 5.80. The second-order valence-electron chi connectivity index (χ2n) is 4.79. The molecule has 0 spiro atoms. The van der Waals surface area contributed by atoms with Crippen molar-refractivity contribution < 1.29 is 4.79 Å². The maximum atomic E-state index is 11.8. The standard InChI is InChI=1S/C13H19N3O2/c1-2-3-4-11-7-13(18)16(9-14-11)8-12(17)15-10-5-6-10/h7,9-10H,2-6,8H2,1H3,(H,15,17). The molecule has 0 aliphatic heterocycles. The first-order chi connectivity index (χ1) is 8.69. The van der Waals surface area contributed by atoms with Crippen LogP contribution in [0.3, 0.4) is 0 Å². The van der Waals surface area contributed by atoms with Crippen LogP contribution in [0.15, 0.2) is 17.2 Å². The van der Waals surface area contributed by atoms with E-state index >= 15 is 0 Å². The maximum absolute atomic E-state index is 11.8. The van der Waals surface area contributed by atoms with E-state index in [-0.39, 0.29) is 18.0 Å². The summed E-state index contributed by atoms with van der Waals surface area (Å²) in [4.78, 5) is 27.6. The first-order valence-corrected chi connectivity index (χ1v) is 6.53. The Morgan fingerprint density at radius 3 is 2.94 bits per heavy atom. The molecule has 0 saturated heterocycles. The molecule has 1 N–H and O–H groups in total. The average molecular weight is 249 g/mol. The van der Waals surface area contributed by atoms with Gasteiger partial charge in [0, 0.05) is 17.8 Å². The summed E-state index contributed by atoms with van der Waals surface area (Å²) in [7, 11) is 0. The van der Waals surface area contributed by atoms with Crippen molar-refractivity contribution in [3.8, 4) is 0 Å². The topological polar surface area (TPSA) is 64.0 Å². The van der Waals surface area contributed by atoms with Crippen molar-refractivity contribution in [2.45, 2.75) is 51.6 Å². The van der Waals surface area contributed by atoms with E-state index in [9.17, 15) is 9.59 Å². The monoisotopic (exact) mass is 249 g/mol. The number of unbranched alkanes of at least 4 members (excludes halogenated alkanes) is 1. The number of hydrogen-bond acceptors (Lipinski definition) is 3. The zero-order valence-corrected chi connectivity index (χ0v) is 10.7. The molecule has 0 aromatic carbocycles. The van der Waals surface area contributed by atoms with Gasteiger partial charge in [-0.15, -0.1) is 0 Å². The zero-order chi connectivity index (χ0) is 13.0. The van der Waals surface area contributed by atoms with E-state index in [1.807, 2.05) is 0 Å². The molecule has 5 nitrogen and oxygen atoms in total. The Morgan fingerprint density at radius 2 is 2.33 bits per heavy atom. The summed E-state index contributed by atoms with van der Waals surface area (Å²) in [6, 6.07) is 1.85. The molecule has 1 amide bonds. The first kappa shape index (κ1) is 12.8. The third-order valence-electron chi connectivity index (χ3n) is 2.98. The lowest BCUT2D eigenvalue weighted by molar-refractivity contribution is -0.121. The molecule has 2 rings (SSSR count). The van der Waals surface area contributed by atoms with Crippen molar-refractivity contribution >= 4 is 5.91 Å². The molecule has 1 heterocycles. The van der Waals surface area contributed by atoms with Crippen molar-refractivity contribution in [3.05, 3.63) is 28.4 Å². The highest BCUT2D eigenvalue weighted by Gasteiger charge is 2.23. The van der Waals surface area contributed by atoms with Crippen molar-refractivity contribution in [1.82, 2.24) is 14.9 Å². The highest BCUT2D eigenvalue weighted by molar-refractivity contribution is 5.76. The summed E-state index contributed by atoms with van der Waals surface area (Å²) in [5.74, 6) is -0.109. The van der Waals surface area contributed by atoms with Crippen LogP contribution in [0.4, 0.5) is 0 Å². The van der Waals surface area contributed by atoms with Gasteiger partial charge in [0.1, 0.15) is 6.54 Å². The number of nitrogens with zero attached hydrogens (tertiary/aromatic N) is 2. The minimum absolute atomic E-state index is 0.0659. The van der Waals surface area contributed by atoms with Crippen LogP contribution in [0.1, 0.15) is 38.3 Å². The normalized spacial score (nSPS) is 14.5. The third kappa shape index (κ3) is 3.68. The predicted octanol–water partition coefficient (Wildman–Crippen LogP) is 0.864. The highest BCUT2D eigenvalue weighted by Crippen LogP contribution is 2.18. The molecule has 18 heavy (non-hydrogen) atoms. The molecular formula is C13H19N3O2. The van der Waals surface area contributed by atoms with E-state index in [1.165, 1.54) is 17.0 Å². The number of hydrogen-bond donors (Lipinski definition) is 1. The molecule has 0 unspecified atom stereocenters. The SMILES string of the molecule is CCCCc1cc(=O)n(CC(=O)NC2CC2)cn1. The van der Waals surface area contributed by atoms with Gasteiger partial charge in [-0.25, -0.2) is 4.98 Å². The summed E-state index contributed by atoms with van der Waals surface area (Å²) in [6.45, 7) is 2.17. The Kier molecular flexibility index (Phi) is 4.12. The molecule has 0 bridgehead atoms. The Morgan fingerprint density at radius 1 is 1.56 bits per heavy atom. The predicted molar refractivity (Wildman–Crippen MR) is 68.3 cm³/mol. The van der Waals surface area contributed by atoms with E-state index in [4.69, 9.17) is 0 Å². The number of aromatic nitrogens is 2. The largest absolute Gasteiger partial charge is 0.352 e. The molecule has 98 valence electrons. The van der Waals surface area contributed by atoms with E-state index in [2.05, 4.69) is 17.2 Å². The smallest absolute Gasteiger partial charge is 0.253 e. The zero-order valence-electron chi connectivity index (χ0n) is 10.7. The van der Waals surface area contributed by atoms with E-state index in [0.717, 1.165) is 37.8 Å². The number of amides is 1. The quantitative estimate of drug-likeness (QED) is 0.813. The average Bonchev–Trinajstić information content (AvgIpc) is 3.13. The fraction of sp³-hybridized carbons (Fsp3) is 0.615. The van der Waals surface area contributed by atoms with Crippen LogP contribution >= 0.6 is 0 Å². The molecule has 0 atom stereocenters. The summed E-state index contributed by atoms with van der Waals surface area (Å²) in [5.41, 5.74) is 0.655. The fourth-order valence-corrected chi connectivity index (χ4v) is 1.73. The Bertz CT molecular complexity index is 477. The maximum Gasteiger partial charge on any atom is 0.253 e. The second-order valence-corrected chi connectivity index (χ2v) is 4.79. The summed E-state index contributed by atoms with van der Waals surface area (Å²) >= 11 is 0. The first-order valence-electron chi connectivity index (χ1n) is 6.53. The van der Waals surface area contributed by atoms with Crippen LogP contribution < -0.4 is 10.9 Å². The number of rotatable bonds is 6. The molecule has 1 saturated carbocycles. The molecule has 1 aliphatic rings. The van der Waals surface area contributed by atoms with Crippen LogP contribution in [0.5, 0.6) is 0 Å². The van der Waals surface area contributed by atoms with Gasteiger partial charge in [0.15, 0.2) is 0 Å². The molecule has 1 aromatic rings. The van der Waals surface area contributed by atoms with Crippen molar-refractivity contribution in [2.24, 2.45) is 0 Å². The van der Waals surface area contributed by atoms with Crippen LogP contribution in [0.25, 0.3) is 0 Å². The van der Waals surface area contributed by atoms with Gasteiger partial charge in [0.2, 0.25) is 5.91 Å². The van der Waals surface area contributed by atoms with Gasteiger partial charge in [-0.2, -0.15) is 0 Å². The van der Waals surface area contributed by atoms with Gasteiger partial charge >= 0.3 is 0 Å². The van der Waals surface area contributed by atoms with Gasteiger partial charge in [-0.3, -0.25) is 14.2 Å². The summed E-state index contributed by atoms with van der Waals surface area (Å²) in [5, 5.41) is 2.85. The fourth-order valence-electron chi connectivity index (χ4n) is 1.73. The number of aryl methyl sites for hydroxylation is 1. The van der Waals surface area contributed by atoms with Crippen LogP contribution in [-0.4, -0.2) is 21.5 Å². The number of carbonyl (C=O) groups excluding carboxylic acids is 1. The molecule has 5 heteroatoms. The summed E-state index contributed by atoms with van der Waals surface area (Å²) in [6.07, 6.45) is 6.50. The van der Waals surface area contributed by atoms with Gasteiger partial charge in [-0.05, 0) is 25.7 Å². The molecule has 1 fully saturated rings. The van der Waals surface area contributed by atoms with Crippen molar-refractivity contribution in [3.63, 3.8) is 0 Å². The van der Waals surface area contributed by atoms with E-state index < -0.39 is 0 Å². The van der Waals surface area contributed by atoms with Gasteiger partial charge in [0.25, 0.3) is 5.56 Å².